The monoisotopic (exact) mass is 398 g/mol. The summed E-state index contributed by atoms with van der Waals surface area (Å²) in [5, 5.41) is 0. The van der Waals surface area contributed by atoms with E-state index in [9.17, 15) is 13.2 Å². The Morgan fingerprint density at radius 1 is 1.07 bits per heavy atom. The van der Waals surface area contributed by atoms with E-state index in [4.69, 9.17) is 0 Å². The van der Waals surface area contributed by atoms with Crippen LogP contribution in [0.1, 0.15) is 11.4 Å². The van der Waals surface area contributed by atoms with E-state index in [0.29, 0.717) is 22.6 Å². The first-order valence-electron chi connectivity index (χ1n) is 7.87. The Hall–Kier alpha value is -2.58. The lowest BCUT2D eigenvalue weighted by atomic mass is 10.1. The molecule has 0 bridgehead atoms. The number of rotatable bonds is 2. The maximum atomic E-state index is 13.0. The Kier molecular flexibility index (Phi) is 5.82. The average molecular weight is 399 g/mol. The largest absolute Gasteiger partial charge is 0.416 e. The normalized spacial score (nSPS) is 13.6. The third kappa shape index (κ3) is 3.91. The molecule has 144 valence electrons. The van der Waals surface area contributed by atoms with E-state index in [1.54, 1.807) is 12.1 Å². The van der Waals surface area contributed by atoms with Gasteiger partial charge in [-0.05, 0) is 30.7 Å². The molecule has 0 saturated carbocycles. The zero-order valence-corrected chi connectivity index (χ0v) is 15.2. The van der Waals surface area contributed by atoms with E-state index in [1.165, 1.54) is 6.07 Å². The van der Waals surface area contributed by atoms with Crippen LogP contribution in [-0.4, -0.2) is 33.5 Å². The molecule has 0 amide bonds. The molecule has 0 radical (unpaired) electrons. The van der Waals surface area contributed by atoms with Crippen molar-refractivity contribution in [2.75, 3.05) is 18.0 Å². The van der Waals surface area contributed by atoms with E-state index < -0.39 is 11.7 Å². The number of nitrogens with zero attached hydrogens (tertiary/aromatic N) is 3. The minimum Gasteiger partial charge on any atom is -0.412 e. The van der Waals surface area contributed by atoms with Crippen molar-refractivity contribution in [1.82, 2.24) is 15.0 Å². The Bertz CT molecular complexity index is 976. The molecule has 0 atom stereocenters. The first-order chi connectivity index (χ1) is 11.9. The zero-order valence-electron chi connectivity index (χ0n) is 14.3. The third-order valence-electron chi connectivity index (χ3n) is 4.19. The lowest BCUT2D eigenvalue weighted by Crippen LogP contribution is -2.20. The molecule has 5 nitrogen and oxygen atoms in total. The summed E-state index contributed by atoms with van der Waals surface area (Å²) in [6, 6.07) is 7.04. The molecule has 3 N–H and O–H groups in total. The van der Waals surface area contributed by atoms with Gasteiger partial charge in [-0.1, -0.05) is 24.3 Å². The molecule has 0 spiro atoms. The molecular weight excluding hydrogens is 381 g/mol. The van der Waals surface area contributed by atoms with Crippen LogP contribution in [0.2, 0.25) is 0 Å². The molecule has 3 heterocycles. The number of hydrogen-bond donors (Lipinski definition) is 1. The van der Waals surface area contributed by atoms with Crippen LogP contribution in [0.15, 0.2) is 42.5 Å². The number of aryl methyl sites for hydroxylation is 1. The van der Waals surface area contributed by atoms with Crippen LogP contribution in [-0.2, 0) is 6.18 Å². The number of aromatic nitrogens is 3. The predicted molar refractivity (Wildman–Crippen MR) is 101 cm³/mol. The number of fused-ring (bicyclic) bond motifs is 1. The van der Waals surface area contributed by atoms with Crippen molar-refractivity contribution < 1.29 is 18.6 Å². The van der Waals surface area contributed by atoms with Gasteiger partial charge in [-0.2, -0.15) is 13.2 Å². The standard InChI is InChI=1S/C18H15F3N4.ClH.H2O/c1-11-22-15-10-14(12-5-4-6-13(9-12)18(19,20)21)24-16(15)17(23-11)25-7-2-3-8-25;;/h2-6,9-10,24H,7-8H2,1H3;1H;1H2. The zero-order chi connectivity index (χ0) is 17.6. The van der Waals surface area contributed by atoms with Crippen LogP contribution in [0.25, 0.3) is 22.3 Å². The smallest absolute Gasteiger partial charge is 0.412 e. The molecule has 3 aromatic rings. The van der Waals surface area contributed by atoms with Crippen LogP contribution in [0.5, 0.6) is 0 Å². The van der Waals surface area contributed by atoms with Crippen LogP contribution in [0.3, 0.4) is 0 Å². The quantitative estimate of drug-likeness (QED) is 0.664. The van der Waals surface area contributed by atoms with Gasteiger partial charge in [0.05, 0.1) is 11.1 Å². The first-order valence-corrected chi connectivity index (χ1v) is 7.87. The highest BCUT2D eigenvalue weighted by Gasteiger charge is 2.30. The Morgan fingerprint density at radius 2 is 1.78 bits per heavy atom. The molecule has 1 aliphatic rings. The third-order valence-corrected chi connectivity index (χ3v) is 4.19. The minimum absolute atomic E-state index is 0. The molecule has 1 aliphatic heterocycles. The maximum Gasteiger partial charge on any atom is 0.416 e. The second-order valence-electron chi connectivity index (χ2n) is 5.99. The van der Waals surface area contributed by atoms with Crippen molar-refractivity contribution in [3.05, 3.63) is 53.9 Å². The van der Waals surface area contributed by atoms with E-state index in [1.807, 2.05) is 6.92 Å². The first kappa shape index (κ1) is 20.7. The Balaban J connectivity index is 0.00000131. The fourth-order valence-corrected chi connectivity index (χ4v) is 3.01. The van der Waals surface area contributed by atoms with Crippen molar-refractivity contribution in [3.63, 3.8) is 0 Å². The van der Waals surface area contributed by atoms with Crippen molar-refractivity contribution >= 4 is 29.3 Å². The van der Waals surface area contributed by atoms with Crippen LogP contribution < -0.4 is 4.90 Å². The van der Waals surface area contributed by atoms with Crippen molar-refractivity contribution in [1.29, 1.82) is 0 Å². The van der Waals surface area contributed by atoms with E-state index in [0.717, 1.165) is 36.6 Å². The van der Waals surface area contributed by atoms with Crippen molar-refractivity contribution in [3.8, 4) is 11.3 Å². The predicted octanol–water partition coefficient (Wildman–Crippen LogP) is 3.93. The minimum atomic E-state index is -4.37. The summed E-state index contributed by atoms with van der Waals surface area (Å²) in [4.78, 5) is 14.2. The number of benzene rings is 1. The lowest BCUT2D eigenvalue weighted by molar-refractivity contribution is -0.137. The van der Waals surface area contributed by atoms with Gasteiger partial charge in [-0.3, -0.25) is 0 Å². The van der Waals surface area contributed by atoms with Crippen LogP contribution in [0.4, 0.5) is 19.0 Å². The number of halogens is 4. The van der Waals surface area contributed by atoms with Crippen LogP contribution in [0, 0.1) is 6.92 Å². The summed E-state index contributed by atoms with van der Waals surface area (Å²) in [7, 11) is 0. The second kappa shape index (κ2) is 7.58. The Labute approximate surface area is 159 Å². The highest BCUT2D eigenvalue weighted by atomic mass is 35.5. The fourth-order valence-electron chi connectivity index (χ4n) is 3.01. The van der Waals surface area contributed by atoms with E-state index in [-0.39, 0.29) is 17.9 Å². The molecule has 0 aliphatic carbocycles. The molecule has 0 fully saturated rings. The Morgan fingerprint density at radius 3 is 2.44 bits per heavy atom. The number of anilines is 1. The van der Waals surface area contributed by atoms with Gasteiger partial charge in [0, 0.05) is 18.8 Å². The van der Waals surface area contributed by atoms with Gasteiger partial charge in [0.15, 0.2) is 5.82 Å². The summed E-state index contributed by atoms with van der Waals surface area (Å²) in [5.41, 5.74) is 1.82. The molecule has 27 heavy (non-hydrogen) atoms. The molecule has 2 aromatic heterocycles. The summed E-state index contributed by atoms with van der Waals surface area (Å²) < 4.78 is 38.9. The van der Waals surface area contributed by atoms with Crippen molar-refractivity contribution in [2.45, 2.75) is 13.1 Å². The number of H-pyrrole nitrogens is 1. The summed E-state index contributed by atoms with van der Waals surface area (Å²) in [6.07, 6.45) is -0.259. The number of nitrogens with one attached hydrogen (secondary N) is 1. The maximum absolute atomic E-state index is 13.0. The second-order valence-corrected chi connectivity index (χ2v) is 5.99. The van der Waals surface area contributed by atoms with Crippen LogP contribution >= 0.6 is 12.4 Å². The van der Waals surface area contributed by atoms with Gasteiger partial charge in [0.1, 0.15) is 11.3 Å². The SMILES string of the molecule is Cc1nc(N2CC=CC2)c2[nH]c(-c3cccc(C(F)(F)F)c3)cc2n1.Cl.O. The molecule has 4 rings (SSSR count). The van der Waals surface area contributed by atoms with Gasteiger partial charge in [0.2, 0.25) is 0 Å². The van der Waals surface area contributed by atoms with E-state index in [2.05, 4.69) is 32.0 Å². The molecule has 0 unspecified atom stereocenters. The molecular formula is C18H18ClF3N4O. The summed E-state index contributed by atoms with van der Waals surface area (Å²) >= 11 is 0. The lowest BCUT2D eigenvalue weighted by Gasteiger charge is -2.17. The van der Waals surface area contributed by atoms with Gasteiger partial charge in [-0.15, -0.1) is 12.4 Å². The fraction of sp³-hybridized carbons (Fsp3) is 0.222. The van der Waals surface area contributed by atoms with Gasteiger partial charge in [-0.25, -0.2) is 9.97 Å². The van der Waals surface area contributed by atoms with Gasteiger partial charge < -0.3 is 15.4 Å². The highest BCUT2D eigenvalue weighted by Crippen LogP contribution is 2.34. The van der Waals surface area contributed by atoms with Gasteiger partial charge >= 0.3 is 6.18 Å². The van der Waals surface area contributed by atoms with E-state index >= 15 is 0 Å². The average Bonchev–Trinajstić information content (AvgIpc) is 3.23. The number of hydrogen-bond acceptors (Lipinski definition) is 3. The highest BCUT2D eigenvalue weighted by molar-refractivity contribution is 5.91. The molecule has 9 heteroatoms. The summed E-state index contributed by atoms with van der Waals surface area (Å²) in [5.74, 6) is 1.40. The van der Waals surface area contributed by atoms with Crippen molar-refractivity contribution in [2.24, 2.45) is 0 Å². The number of alkyl halides is 3. The summed E-state index contributed by atoms with van der Waals surface area (Å²) in [6.45, 7) is 3.32. The number of aromatic amines is 1. The molecule has 1 aromatic carbocycles. The topological polar surface area (TPSA) is 76.3 Å². The van der Waals surface area contributed by atoms with Gasteiger partial charge in [0.25, 0.3) is 0 Å². The molecule has 0 saturated heterocycles.